The topological polar surface area (TPSA) is 72.8 Å². The molecule has 2 rings (SSSR count). The van der Waals surface area contributed by atoms with Crippen LogP contribution in [0.2, 0.25) is 0 Å². The van der Waals surface area contributed by atoms with Gasteiger partial charge in [0.2, 0.25) is 0 Å². The van der Waals surface area contributed by atoms with Crippen LogP contribution in [-0.4, -0.2) is 36.5 Å². The molecule has 5 nitrogen and oxygen atoms in total. The summed E-state index contributed by atoms with van der Waals surface area (Å²) in [5, 5.41) is 10.1. The number of allylic oxidation sites excluding steroid dienone is 2. The van der Waals surface area contributed by atoms with Crippen LogP contribution in [0.1, 0.15) is 90.7 Å². The molecule has 1 N–H and O–H groups in total. The third kappa shape index (κ3) is 6.71. The van der Waals surface area contributed by atoms with Crippen LogP contribution in [-0.2, 0) is 16.0 Å². The van der Waals surface area contributed by atoms with Crippen molar-refractivity contribution < 1.29 is 24.2 Å². The summed E-state index contributed by atoms with van der Waals surface area (Å²) in [4.78, 5) is 26.3. The zero-order valence-corrected chi connectivity index (χ0v) is 22.5. The molecule has 1 aliphatic carbocycles. The number of rotatable bonds is 12. The van der Waals surface area contributed by atoms with Gasteiger partial charge in [-0.05, 0) is 76.5 Å². The van der Waals surface area contributed by atoms with E-state index in [-0.39, 0.29) is 17.0 Å². The van der Waals surface area contributed by atoms with Crippen molar-refractivity contribution in [3.8, 4) is 11.5 Å². The van der Waals surface area contributed by atoms with Gasteiger partial charge in [0.25, 0.3) is 0 Å². The van der Waals surface area contributed by atoms with Crippen LogP contribution >= 0.6 is 0 Å². The second kappa shape index (κ2) is 11.1. The molecule has 0 heterocycles. The number of benzene rings is 1. The Bertz CT molecular complexity index is 923. The molecule has 0 aliphatic heterocycles. The highest BCUT2D eigenvalue weighted by molar-refractivity contribution is 5.88. The first-order valence-corrected chi connectivity index (χ1v) is 12.4. The second-order valence-electron chi connectivity index (χ2n) is 11.3. The smallest absolute Gasteiger partial charge is 0.139 e. The molecule has 0 bridgehead atoms. The molecular weight excluding hydrogens is 428 g/mol. The van der Waals surface area contributed by atoms with E-state index in [0.29, 0.717) is 32.1 Å². The molecule has 1 saturated carbocycles. The Kier molecular flexibility index (Phi) is 9.15. The third-order valence-electron chi connectivity index (χ3n) is 7.82. The predicted octanol–water partition coefficient (Wildman–Crippen LogP) is 6.17. The minimum absolute atomic E-state index is 0.174. The molecule has 0 unspecified atom stereocenters. The summed E-state index contributed by atoms with van der Waals surface area (Å²) in [6, 6.07) is 3.92. The summed E-state index contributed by atoms with van der Waals surface area (Å²) in [6.07, 6.45) is 6.98. The van der Waals surface area contributed by atoms with E-state index < -0.39 is 11.0 Å². The van der Waals surface area contributed by atoms with Gasteiger partial charge in [0.1, 0.15) is 23.1 Å². The van der Waals surface area contributed by atoms with Gasteiger partial charge in [0, 0.05) is 30.2 Å². The summed E-state index contributed by atoms with van der Waals surface area (Å²) in [5.74, 6) is 1.98. The number of aliphatic hydroxyl groups is 1. The molecule has 1 fully saturated rings. The molecule has 1 aliphatic rings. The standard InChI is InChI=1S/C29H44O5/c1-20(10-11-22-18-24(33-7)17-21(2)26(22)34-8)16-23(30)19-28(5)13-9-14-29(28,6)25(31)12-15-27(3,4)32/h10,17-18,32H,9,11-16,19H2,1-8H3/t28-,29+/m0/s1. The van der Waals surface area contributed by atoms with Crippen LogP contribution in [0.25, 0.3) is 0 Å². The maximum absolute atomic E-state index is 13.2. The van der Waals surface area contributed by atoms with Crippen molar-refractivity contribution in [2.75, 3.05) is 14.2 Å². The Balaban J connectivity index is 2.07. The molecule has 0 spiro atoms. The third-order valence-corrected chi connectivity index (χ3v) is 7.82. The lowest BCUT2D eigenvalue weighted by Crippen LogP contribution is -2.41. The van der Waals surface area contributed by atoms with Crippen LogP contribution < -0.4 is 9.47 Å². The summed E-state index contributed by atoms with van der Waals surface area (Å²) in [6.45, 7) is 11.6. The molecule has 0 aromatic heterocycles. The van der Waals surface area contributed by atoms with Gasteiger partial charge >= 0.3 is 0 Å². The quantitative estimate of drug-likeness (QED) is 0.368. The Morgan fingerprint density at radius 2 is 1.82 bits per heavy atom. The van der Waals surface area contributed by atoms with Crippen LogP contribution in [0.15, 0.2) is 23.8 Å². The zero-order valence-electron chi connectivity index (χ0n) is 22.5. The van der Waals surface area contributed by atoms with E-state index in [1.807, 2.05) is 32.9 Å². The van der Waals surface area contributed by atoms with Crippen molar-refractivity contribution in [3.63, 3.8) is 0 Å². The van der Waals surface area contributed by atoms with Gasteiger partial charge in [0.05, 0.1) is 19.8 Å². The molecule has 5 heteroatoms. The number of hydrogen-bond donors (Lipinski definition) is 1. The van der Waals surface area contributed by atoms with Crippen LogP contribution in [0.3, 0.4) is 0 Å². The highest BCUT2D eigenvalue weighted by Gasteiger charge is 2.53. The first-order valence-electron chi connectivity index (χ1n) is 12.4. The molecule has 2 atom stereocenters. The van der Waals surface area contributed by atoms with Gasteiger partial charge in [0.15, 0.2) is 0 Å². The van der Waals surface area contributed by atoms with Crippen molar-refractivity contribution >= 4 is 11.6 Å². The maximum Gasteiger partial charge on any atom is 0.139 e. The van der Waals surface area contributed by atoms with E-state index in [2.05, 4.69) is 13.0 Å². The number of ketones is 2. The Hall–Kier alpha value is -2.14. The lowest BCUT2D eigenvalue weighted by molar-refractivity contribution is -0.136. The summed E-state index contributed by atoms with van der Waals surface area (Å²) in [7, 11) is 3.32. The molecule has 0 radical (unpaired) electrons. The second-order valence-corrected chi connectivity index (χ2v) is 11.3. The van der Waals surface area contributed by atoms with E-state index in [0.717, 1.165) is 47.5 Å². The van der Waals surface area contributed by atoms with Gasteiger partial charge in [-0.1, -0.05) is 31.9 Å². The van der Waals surface area contributed by atoms with Gasteiger partial charge in [-0.15, -0.1) is 0 Å². The van der Waals surface area contributed by atoms with Gasteiger partial charge in [-0.25, -0.2) is 0 Å². The zero-order chi connectivity index (χ0) is 25.7. The van der Waals surface area contributed by atoms with Crippen molar-refractivity contribution in [1.82, 2.24) is 0 Å². The maximum atomic E-state index is 13.2. The van der Waals surface area contributed by atoms with Gasteiger partial charge in [-0.2, -0.15) is 0 Å². The fourth-order valence-corrected chi connectivity index (χ4v) is 5.40. The highest BCUT2D eigenvalue weighted by Crippen LogP contribution is 2.56. The van der Waals surface area contributed by atoms with E-state index >= 15 is 0 Å². The van der Waals surface area contributed by atoms with Gasteiger partial charge in [-0.3, -0.25) is 9.59 Å². The number of aryl methyl sites for hydroxylation is 1. The van der Waals surface area contributed by atoms with Crippen molar-refractivity contribution in [1.29, 1.82) is 0 Å². The van der Waals surface area contributed by atoms with E-state index in [9.17, 15) is 14.7 Å². The first kappa shape index (κ1) is 28.1. The predicted molar refractivity (Wildman–Crippen MR) is 137 cm³/mol. The Morgan fingerprint density at radius 3 is 2.41 bits per heavy atom. The lowest BCUT2D eigenvalue weighted by atomic mass is 9.62. The van der Waals surface area contributed by atoms with Crippen molar-refractivity contribution in [2.45, 2.75) is 98.5 Å². The molecule has 190 valence electrons. The largest absolute Gasteiger partial charge is 0.497 e. The molecular formula is C29H44O5. The molecule has 34 heavy (non-hydrogen) atoms. The normalized spacial score (nSPS) is 23.1. The van der Waals surface area contributed by atoms with Gasteiger partial charge < -0.3 is 14.6 Å². The van der Waals surface area contributed by atoms with Crippen molar-refractivity contribution in [3.05, 3.63) is 34.9 Å². The fraction of sp³-hybridized carbons (Fsp3) is 0.655. The highest BCUT2D eigenvalue weighted by atomic mass is 16.5. The number of Topliss-reactive ketones (excluding diaryl/α,β-unsaturated/α-hetero) is 2. The summed E-state index contributed by atoms with van der Waals surface area (Å²) in [5.41, 5.74) is 1.35. The van der Waals surface area contributed by atoms with E-state index in [1.165, 1.54) is 0 Å². The van der Waals surface area contributed by atoms with Crippen LogP contribution in [0.5, 0.6) is 11.5 Å². The number of ether oxygens (including phenoxy) is 2. The molecule has 0 amide bonds. The van der Waals surface area contributed by atoms with E-state index in [1.54, 1.807) is 28.1 Å². The monoisotopic (exact) mass is 472 g/mol. The fourth-order valence-electron chi connectivity index (χ4n) is 5.40. The van der Waals surface area contributed by atoms with Crippen molar-refractivity contribution in [2.24, 2.45) is 10.8 Å². The summed E-state index contributed by atoms with van der Waals surface area (Å²) < 4.78 is 11.0. The molecule has 1 aromatic rings. The Labute approximate surface area is 205 Å². The molecule has 0 saturated heterocycles. The van der Waals surface area contributed by atoms with Crippen LogP contribution in [0, 0.1) is 17.8 Å². The number of hydrogen-bond acceptors (Lipinski definition) is 5. The number of carbonyl (C=O) groups excluding carboxylic acids is 2. The molecule has 1 aromatic carbocycles. The Morgan fingerprint density at radius 1 is 1.15 bits per heavy atom. The minimum Gasteiger partial charge on any atom is -0.497 e. The average molecular weight is 473 g/mol. The van der Waals surface area contributed by atoms with E-state index in [4.69, 9.17) is 9.47 Å². The first-order chi connectivity index (χ1) is 15.7. The SMILES string of the molecule is COc1cc(C)c(OC)c(CC=C(C)CC(=O)C[C@]2(C)CCC[C@]2(C)C(=O)CCC(C)(C)O)c1. The minimum atomic E-state index is -0.858. The lowest BCUT2D eigenvalue weighted by Gasteiger charge is -2.40. The summed E-state index contributed by atoms with van der Waals surface area (Å²) >= 11 is 0. The van der Waals surface area contributed by atoms with Crippen LogP contribution in [0.4, 0.5) is 0 Å². The average Bonchev–Trinajstić information content (AvgIpc) is 3.04. The number of carbonyl (C=O) groups is 2. The number of methoxy groups -OCH3 is 2.